The second kappa shape index (κ2) is 8.50. The summed E-state index contributed by atoms with van der Waals surface area (Å²) in [5, 5.41) is 3.63. The first-order valence-corrected chi connectivity index (χ1v) is 10.1. The Balaban J connectivity index is 1.51. The number of unbranched alkanes of at least 4 members (excludes halogenated alkanes) is 1. The zero-order chi connectivity index (χ0) is 20.2. The number of carbonyl (C=O) groups is 1. The average Bonchev–Trinajstić information content (AvgIpc) is 3.16. The number of halogens is 1. The third kappa shape index (κ3) is 4.49. The molecule has 4 rings (SSSR count). The molecule has 2 heterocycles. The molecule has 4 nitrogen and oxygen atoms in total. The predicted molar refractivity (Wildman–Crippen MR) is 119 cm³/mol. The summed E-state index contributed by atoms with van der Waals surface area (Å²) in [5.41, 5.74) is 5.22. The van der Waals surface area contributed by atoms with Crippen LogP contribution in [0.4, 0.5) is 5.69 Å². The lowest BCUT2D eigenvalue weighted by atomic mass is 10.1. The summed E-state index contributed by atoms with van der Waals surface area (Å²) in [6.45, 7) is 2.18. The molecule has 0 atom stereocenters. The van der Waals surface area contributed by atoms with Gasteiger partial charge in [-0.3, -0.25) is 4.79 Å². The molecule has 0 saturated carbocycles. The highest BCUT2D eigenvalue weighted by Gasteiger charge is 2.09. The number of benzene rings is 2. The molecule has 1 N–H and O–H groups in total. The number of hydrogen-bond donors (Lipinski definition) is 1. The van der Waals surface area contributed by atoms with E-state index in [1.807, 2.05) is 77.5 Å². The Bertz CT molecular complexity index is 1150. The van der Waals surface area contributed by atoms with Crippen LogP contribution < -0.4 is 5.32 Å². The van der Waals surface area contributed by atoms with Crippen LogP contribution in [-0.4, -0.2) is 15.3 Å². The molecule has 0 saturated heterocycles. The van der Waals surface area contributed by atoms with Gasteiger partial charge in [-0.05, 0) is 54.8 Å². The molecule has 29 heavy (non-hydrogen) atoms. The van der Waals surface area contributed by atoms with Gasteiger partial charge in [-0.2, -0.15) is 0 Å². The molecule has 1 amide bonds. The van der Waals surface area contributed by atoms with Crippen molar-refractivity contribution in [2.24, 2.45) is 0 Å². The number of carbonyl (C=O) groups excluding carboxylic acids is 1. The monoisotopic (exact) mass is 403 g/mol. The van der Waals surface area contributed by atoms with Crippen molar-refractivity contribution in [1.29, 1.82) is 0 Å². The average molecular weight is 404 g/mol. The number of nitrogens with one attached hydrogen (secondary N) is 1. The number of aryl methyl sites for hydroxylation is 1. The summed E-state index contributed by atoms with van der Waals surface area (Å²) in [6.07, 6.45) is 7.12. The lowest BCUT2D eigenvalue weighted by molar-refractivity contribution is 0.102. The Morgan fingerprint density at radius 2 is 1.90 bits per heavy atom. The second-order valence-corrected chi connectivity index (χ2v) is 7.51. The van der Waals surface area contributed by atoms with Crippen molar-refractivity contribution in [3.05, 3.63) is 89.2 Å². The van der Waals surface area contributed by atoms with Crippen molar-refractivity contribution >= 4 is 28.8 Å². The molecule has 0 bridgehead atoms. The molecule has 0 radical (unpaired) electrons. The molecule has 4 aromatic rings. The summed E-state index contributed by atoms with van der Waals surface area (Å²) in [7, 11) is 0. The lowest BCUT2D eigenvalue weighted by Gasteiger charge is -2.07. The maximum atomic E-state index is 12.6. The number of fused-ring (bicyclic) bond motifs is 1. The van der Waals surface area contributed by atoms with Crippen LogP contribution in [0.25, 0.3) is 16.9 Å². The minimum atomic E-state index is -0.119. The van der Waals surface area contributed by atoms with E-state index in [0.29, 0.717) is 10.6 Å². The highest BCUT2D eigenvalue weighted by molar-refractivity contribution is 6.30. The third-order valence-electron chi connectivity index (χ3n) is 4.87. The number of aromatic nitrogens is 2. The molecule has 0 spiro atoms. The van der Waals surface area contributed by atoms with Crippen LogP contribution >= 0.6 is 11.6 Å². The van der Waals surface area contributed by atoms with Gasteiger partial charge >= 0.3 is 0 Å². The van der Waals surface area contributed by atoms with E-state index in [2.05, 4.69) is 17.2 Å². The van der Waals surface area contributed by atoms with Gasteiger partial charge < -0.3 is 9.72 Å². The van der Waals surface area contributed by atoms with Gasteiger partial charge in [0.25, 0.3) is 5.91 Å². The Labute approximate surface area is 175 Å². The summed E-state index contributed by atoms with van der Waals surface area (Å²) >= 11 is 6.05. The number of rotatable bonds is 6. The fourth-order valence-corrected chi connectivity index (χ4v) is 3.44. The predicted octanol–water partition coefficient (Wildman–Crippen LogP) is 6.25. The number of nitrogens with zero attached hydrogens (tertiary/aromatic N) is 2. The van der Waals surface area contributed by atoms with Crippen molar-refractivity contribution in [3.63, 3.8) is 0 Å². The van der Waals surface area contributed by atoms with Crippen LogP contribution in [0.3, 0.4) is 0 Å². The first-order chi connectivity index (χ1) is 14.1. The molecule has 0 fully saturated rings. The zero-order valence-corrected chi connectivity index (χ0v) is 17.0. The van der Waals surface area contributed by atoms with Crippen LogP contribution in [-0.2, 0) is 6.42 Å². The zero-order valence-electron chi connectivity index (χ0n) is 16.2. The Morgan fingerprint density at radius 1 is 1.07 bits per heavy atom. The number of imidazole rings is 1. The number of anilines is 1. The van der Waals surface area contributed by atoms with Gasteiger partial charge in [-0.25, -0.2) is 4.98 Å². The number of hydrogen-bond acceptors (Lipinski definition) is 2. The Hall–Kier alpha value is -3.11. The van der Waals surface area contributed by atoms with Gasteiger partial charge in [0.1, 0.15) is 5.65 Å². The smallest absolute Gasteiger partial charge is 0.255 e. The highest BCUT2D eigenvalue weighted by atomic mass is 35.5. The molecular weight excluding hydrogens is 382 g/mol. The van der Waals surface area contributed by atoms with E-state index >= 15 is 0 Å². The molecule has 0 aliphatic carbocycles. The molecule has 0 aliphatic rings. The molecule has 2 aromatic heterocycles. The second-order valence-electron chi connectivity index (χ2n) is 7.07. The van der Waals surface area contributed by atoms with Gasteiger partial charge in [0.05, 0.1) is 10.7 Å². The number of pyridine rings is 1. The Kier molecular flexibility index (Phi) is 5.63. The summed E-state index contributed by atoms with van der Waals surface area (Å²) in [6, 6.07) is 19.2. The summed E-state index contributed by atoms with van der Waals surface area (Å²) in [4.78, 5) is 17.2. The van der Waals surface area contributed by atoms with E-state index in [4.69, 9.17) is 11.6 Å². The maximum absolute atomic E-state index is 12.6. The third-order valence-corrected chi connectivity index (χ3v) is 5.09. The van der Waals surface area contributed by atoms with Crippen LogP contribution in [0, 0.1) is 0 Å². The summed E-state index contributed by atoms with van der Waals surface area (Å²) < 4.78 is 1.89. The SMILES string of the molecule is CCCCc1ccc(C(=O)Nc2cccc(-c3cn4cc(Cl)ccc4n3)c2)cc1. The fourth-order valence-electron chi connectivity index (χ4n) is 3.27. The minimum absolute atomic E-state index is 0.119. The van der Waals surface area contributed by atoms with Gasteiger partial charge in [0.15, 0.2) is 0 Å². The van der Waals surface area contributed by atoms with E-state index in [9.17, 15) is 4.79 Å². The van der Waals surface area contributed by atoms with E-state index in [-0.39, 0.29) is 5.91 Å². The molecule has 0 aliphatic heterocycles. The van der Waals surface area contributed by atoms with Gasteiger partial charge in [0.2, 0.25) is 0 Å². The maximum Gasteiger partial charge on any atom is 0.255 e. The fraction of sp³-hybridized carbons (Fsp3) is 0.167. The first-order valence-electron chi connectivity index (χ1n) is 9.77. The van der Waals surface area contributed by atoms with Crippen molar-refractivity contribution < 1.29 is 4.79 Å². The Morgan fingerprint density at radius 3 is 2.69 bits per heavy atom. The highest BCUT2D eigenvalue weighted by Crippen LogP contribution is 2.24. The van der Waals surface area contributed by atoms with E-state index in [0.717, 1.165) is 41.9 Å². The normalized spacial score (nSPS) is 11.0. The van der Waals surface area contributed by atoms with E-state index in [1.165, 1.54) is 5.56 Å². The topological polar surface area (TPSA) is 46.4 Å². The van der Waals surface area contributed by atoms with Crippen molar-refractivity contribution in [1.82, 2.24) is 9.38 Å². The molecule has 146 valence electrons. The molecule has 0 unspecified atom stereocenters. The van der Waals surface area contributed by atoms with E-state index in [1.54, 1.807) is 0 Å². The molecular formula is C24H22ClN3O. The van der Waals surface area contributed by atoms with Crippen LogP contribution in [0.2, 0.25) is 5.02 Å². The summed E-state index contributed by atoms with van der Waals surface area (Å²) in [5.74, 6) is -0.119. The van der Waals surface area contributed by atoms with Crippen molar-refractivity contribution in [2.45, 2.75) is 26.2 Å². The van der Waals surface area contributed by atoms with E-state index < -0.39 is 0 Å². The molecule has 5 heteroatoms. The quantitative estimate of drug-likeness (QED) is 0.413. The largest absolute Gasteiger partial charge is 0.322 e. The van der Waals surface area contributed by atoms with Crippen LogP contribution in [0.5, 0.6) is 0 Å². The van der Waals surface area contributed by atoms with Crippen LogP contribution in [0.15, 0.2) is 73.1 Å². The van der Waals surface area contributed by atoms with Gasteiger partial charge in [-0.1, -0.05) is 49.2 Å². The van der Waals surface area contributed by atoms with Gasteiger partial charge in [0, 0.05) is 29.2 Å². The van der Waals surface area contributed by atoms with Gasteiger partial charge in [-0.15, -0.1) is 0 Å². The van der Waals surface area contributed by atoms with Crippen LogP contribution in [0.1, 0.15) is 35.7 Å². The van der Waals surface area contributed by atoms with Crippen molar-refractivity contribution in [3.8, 4) is 11.3 Å². The van der Waals surface area contributed by atoms with Crippen molar-refractivity contribution in [2.75, 3.05) is 5.32 Å². The standard InChI is InChI=1S/C24H22ClN3O/c1-2-3-5-17-8-10-18(11-9-17)24(29)26-21-7-4-6-19(14-21)22-16-28-15-20(25)12-13-23(28)27-22/h4,6-16H,2-3,5H2,1H3,(H,26,29). The number of amides is 1. The minimum Gasteiger partial charge on any atom is -0.322 e. The lowest BCUT2D eigenvalue weighted by Crippen LogP contribution is -2.11. The molecule has 2 aromatic carbocycles. The first kappa shape index (κ1) is 19.2.